The van der Waals surface area contributed by atoms with Gasteiger partial charge in [-0.1, -0.05) is 60.7 Å². The molecule has 0 N–H and O–H groups in total. The standard InChI is InChI=1S/C23H18O4/c1-15(24)17-12-10-16(11-13-17)14-26-23(25)22-18-6-2-4-8-20(18)27-21-9-5-3-7-19(21)22/h2-13,22H,14H2,1H3. The summed E-state index contributed by atoms with van der Waals surface area (Å²) in [6.45, 7) is 1.67. The van der Waals surface area contributed by atoms with Crippen LogP contribution in [0.3, 0.4) is 0 Å². The number of benzene rings is 3. The molecule has 1 aliphatic heterocycles. The molecule has 0 spiro atoms. The number of esters is 1. The summed E-state index contributed by atoms with van der Waals surface area (Å²) in [5, 5.41) is 0. The van der Waals surface area contributed by atoms with Gasteiger partial charge in [0.25, 0.3) is 0 Å². The van der Waals surface area contributed by atoms with Gasteiger partial charge in [0.1, 0.15) is 24.0 Å². The predicted octanol–water partition coefficient (Wildman–Crippen LogP) is 4.87. The summed E-state index contributed by atoms with van der Waals surface area (Å²) in [5.74, 6) is 0.498. The minimum atomic E-state index is -0.525. The lowest BCUT2D eigenvalue weighted by atomic mass is 9.88. The SMILES string of the molecule is CC(=O)c1ccc(COC(=O)C2c3ccccc3Oc3ccccc32)cc1. The molecule has 4 heteroatoms. The van der Waals surface area contributed by atoms with E-state index in [0.29, 0.717) is 17.1 Å². The molecule has 0 saturated carbocycles. The second-order valence-electron chi connectivity index (χ2n) is 6.47. The van der Waals surface area contributed by atoms with Crippen LogP contribution >= 0.6 is 0 Å². The Morgan fingerprint density at radius 3 is 1.96 bits per heavy atom. The molecule has 0 atom stereocenters. The highest BCUT2D eigenvalue weighted by Crippen LogP contribution is 2.44. The third-order valence-corrected chi connectivity index (χ3v) is 4.66. The van der Waals surface area contributed by atoms with E-state index in [1.807, 2.05) is 48.5 Å². The van der Waals surface area contributed by atoms with Crippen LogP contribution in [0.2, 0.25) is 0 Å². The van der Waals surface area contributed by atoms with Crippen molar-refractivity contribution in [3.8, 4) is 11.5 Å². The van der Waals surface area contributed by atoms with Crippen molar-refractivity contribution >= 4 is 11.8 Å². The number of para-hydroxylation sites is 2. The third kappa shape index (κ3) is 3.34. The van der Waals surface area contributed by atoms with Gasteiger partial charge in [-0.3, -0.25) is 9.59 Å². The van der Waals surface area contributed by atoms with E-state index in [9.17, 15) is 9.59 Å². The van der Waals surface area contributed by atoms with Crippen molar-refractivity contribution in [2.45, 2.75) is 19.4 Å². The van der Waals surface area contributed by atoms with Gasteiger partial charge >= 0.3 is 5.97 Å². The molecule has 0 radical (unpaired) electrons. The molecular formula is C23H18O4. The molecule has 3 aromatic rings. The van der Waals surface area contributed by atoms with Gasteiger partial charge in [0.05, 0.1) is 0 Å². The van der Waals surface area contributed by atoms with Gasteiger partial charge in [0.2, 0.25) is 0 Å². The van der Waals surface area contributed by atoms with E-state index in [1.54, 1.807) is 24.3 Å². The van der Waals surface area contributed by atoms with Crippen LogP contribution in [0.5, 0.6) is 11.5 Å². The topological polar surface area (TPSA) is 52.6 Å². The average molecular weight is 358 g/mol. The minimum Gasteiger partial charge on any atom is -0.460 e. The highest BCUT2D eigenvalue weighted by atomic mass is 16.5. The second kappa shape index (κ2) is 7.08. The molecule has 27 heavy (non-hydrogen) atoms. The Morgan fingerprint density at radius 2 is 1.41 bits per heavy atom. The minimum absolute atomic E-state index is 0.00830. The van der Waals surface area contributed by atoms with Crippen molar-refractivity contribution in [3.63, 3.8) is 0 Å². The molecule has 3 aromatic carbocycles. The summed E-state index contributed by atoms with van der Waals surface area (Å²) < 4.78 is 11.5. The molecular weight excluding hydrogens is 340 g/mol. The first-order chi connectivity index (χ1) is 13.1. The Balaban J connectivity index is 1.57. The van der Waals surface area contributed by atoms with Crippen LogP contribution in [0.25, 0.3) is 0 Å². The van der Waals surface area contributed by atoms with E-state index in [1.165, 1.54) is 6.92 Å². The fraction of sp³-hybridized carbons (Fsp3) is 0.130. The van der Waals surface area contributed by atoms with Gasteiger partial charge in [0.15, 0.2) is 5.78 Å². The molecule has 1 aliphatic rings. The second-order valence-corrected chi connectivity index (χ2v) is 6.47. The number of carbonyl (C=O) groups is 2. The summed E-state index contributed by atoms with van der Waals surface area (Å²) in [4.78, 5) is 24.3. The van der Waals surface area contributed by atoms with Crippen molar-refractivity contribution in [1.29, 1.82) is 0 Å². The molecule has 134 valence electrons. The molecule has 1 heterocycles. The maximum absolute atomic E-state index is 12.9. The smallest absolute Gasteiger partial charge is 0.318 e. The molecule has 4 nitrogen and oxygen atoms in total. The zero-order valence-corrected chi connectivity index (χ0v) is 14.8. The first-order valence-electron chi connectivity index (χ1n) is 8.75. The summed E-state index contributed by atoms with van der Waals surface area (Å²) in [5.41, 5.74) is 3.07. The number of ketones is 1. The van der Waals surface area contributed by atoms with Crippen LogP contribution < -0.4 is 4.74 Å². The number of rotatable bonds is 4. The highest BCUT2D eigenvalue weighted by Gasteiger charge is 2.33. The van der Waals surface area contributed by atoms with E-state index < -0.39 is 5.92 Å². The Labute approximate surface area is 157 Å². The summed E-state index contributed by atoms with van der Waals surface area (Å²) >= 11 is 0. The summed E-state index contributed by atoms with van der Waals surface area (Å²) in [6, 6.07) is 22.1. The van der Waals surface area contributed by atoms with Gasteiger partial charge in [-0.25, -0.2) is 0 Å². The van der Waals surface area contributed by atoms with Gasteiger partial charge in [-0.2, -0.15) is 0 Å². The lowest BCUT2D eigenvalue weighted by molar-refractivity contribution is -0.145. The number of hydrogen-bond donors (Lipinski definition) is 0. The average Bonchev–Trinajstić information content (AvgIpc) is 2.70. The number of hydrogen-bond acceptors (Lipinski definition) is 4. The van der Waals surface area contributed by atoms with Gasteiger partial charge < -0.3 is 9.47 Å². The molecule has 0 saturated heterocycles. The van der Waals surface area contributed by atoms with Crippen LogP contribution in [0, 0.1) is 0 Å². The van der Waals surface area contributed by atoms with E-state index >= 15 is 0 Å². The van der Waals surface area contributed by atoms with E-state index in [2.05, 4.69) is 0 Å². The van der Waals surface area contributed by atoms with Crippen LogP contribution in [0.15, 0.2) is 72.8 Å². The van der Waals surface area contributed by atoms with Crippen molar-refractivity contribution < 1.29 is 19.1 Å². The number of Topliss-reactive ketones (excluding diaryl/α,β-unsaturated/α-hetero) is 1. The molecule has 0 aromatic heterocycles. The highest BCUT2D eigenvalue weighted by molar-refractivity contribution is 5.94. The molecule has 0 amide bonds. The Morgan fingerprint density at radius 1 is 0.852 bits per heavy atom. The zero-order valence-electron chi connectivity index (χ0n) is 14.8. The molecule has 0 aliphatic carbocycles. The Bertz CT molecular complexity index is 959. The number of ether oxygens (including phenoxy) is 2. The van der Waals surface area contributed by atoms with Gasteiger partial charge in [-0.05, 0) is 24.6 Å². The maximum atomic E-state index is 12.9. The van der Waals surface area contributed by atoms with Crippen molar-refractivity contribution in [2.75, 3.05) is 0 Å². The Hall–Kier alpha value is -3.40. The monoisotopic (exact) mass is 358 g/mol. The normalized spacial score (nSPS) is 12.5. The van der Waals surface area contributed by atoms with E-state index in [-0.39, 0.29) is 18.4 Å². The Kier molecular flexibility index (Phi) is 4.47. The fourth-order valence-corrected chi connectivity index (χ4v) is 3.24. The lowest BCUT2D eigenvalue weighted by Gasteiger charge is -2.26. The third-order valence-electron chi connectivity index (χ3n) is 4.66. The summed E-state index contributed by atoms with van der Waals surface area (Å²) in [6.07, 6.45) is 0. The number of carbonyl (C=O) groups excluding carboxylic acids is 2. The van der Waals surface area contributed by atoms with E-state index in [4.69, 9.17) is 9.47 Å². The van der Waals surface area contributed by atoms with Crippen LogP contribution in [0.4, 0.5) is 0 Å². The fourth-order valence-electron chi connectivity index (χ4n) is 3.24. The molecule has 0 fully saturated rings. The van der Waals surface area contributed by atoms with E-state index in [0.717, 1.165) is 16.7 Å². The van der Waals surface area contributed by atoms with Crippen molar-refractivity contribution in [3.05, 3.63) is 95.1 Å². The predicted molar refractivity (Wildman–Crippen MR) is 101 cm³/mol. The van der Waals surface area contributed by atoms with Crippen LogP contribution in [-0.2, 0) is 16.1 Å². The van der Waals surface area contributed by atoms with Crippen LogP contribution in [-0.4, -0.2) is 11.8 Å². The molecule has 0 unspecified atom stereocenters. The largest absolute Gasteiger partial charge is 0.460 e. The lowest BCUT2D eigenvalue weighted by Crippen LogP contribution is -2.21. The molecule has 4 rings (SSSR count). The van der Waals surface area contributed by atoms with Crippen molar-refractivity contribution in [1.82, 2.24) is 0 Å². The van der Waals surface area contributed by atoms with Crippen LogP contribution in [0.1, 0.15) is 39.9 Å². The number of fused-ring (bicyclic) bond motifs is 2. The summed E-state index contributed by atoms with van der Waals surface area (Å²) in [7, 11) is 0. The quantitative estimate of drug-likeness (QED) is 0.493. The maximum Gasteiger partial charge on any atom is 0.318 e. The zero-order chi connectivity index (χ0) is 18.8. The first kappa shape index (κ1) is 17.0. The first-order valence-corrected chi connectivity index (χ1v) is 8.75. The van der Waals surface area contributed by atoms with Crippen molar-refractivity contribution in [2.24, 2.45) is 0 Å². The van der Waals surface area contributed by atoms with Gasteiger partial charge in [0, 0.05) is 16.7 Å². The molecule has 0 bridgehead atoms. The van der Waals surface area contributed by atoms with Gasteiger partial charge in [-0.15, -0.1) is 0 Å².